The Labute approximate surface area is 129 Å². The summed E-state index contributed by atoms with van der Waals surface area (Å²) < 4.78 is 5.78. The van der Waals surface area contributed by atoms with Crippen molar-refractivity contribution < 1.29 is 14.6 Å². The van der Waals surface area contributed by atoms with E-state index < -0.39 is 6.16 Å². The molecule has 1 aromatic carbocycles. The smallest absolute Gasteiger partial charge is 0.449 e. The fourth-order valence-electron chi connectivity index (χ4n) is 2.88. The van der Waals surface area contributed by atoms with Crippen LogP contribution in [0.3, 0.4) is 0 Å². The molecule has 0 radical (unpaired) electrons. The highest BCUT2D eigenvalue weighted by Gasteiger charge is 2.15. The van der Waals surface area contributed by atoms with Crippen LogP contribution in [-0.4, -0.2) is 31.0 Å². The van der Waals surface area contributed by atoms with E-state index in [1.807, 2.05) is 12.1 Å². The van der Waals surface area contributed by atoms with Gasteiger partial charge in [-0.05, 0) is 42.5 Å². The van der Waals surface area contributed by atoms with Gasteiger partial charge < -0.3 is 9.84 Å². The van der Waals surface area contributed by atoms with E-state index in [4.69, 9.17) is 5.11 Å². The van der Waals surface area contributed by atoms with Gasteiger partial charge in [0.25, 0.3) is 5.56 Å². The summed E-state index contributed by atoms with van der Waals surface area (Å²) in [5.74, 6) is 0.259. The van der Waals surface area contributed by atoms with Gasteiger partial charge in [0.05, 0.1) is 23.3 Å². The summed E-state index contributed by atoms with van der Waals surface area (Å²) in [6.45, 7) is 0. The van der Waals surface area contributed by atoms with E-state index in [9.17, 15) is 9.59 Å². The molecule has 0 amide bonds. The normalized spacial score (nSPS) is 13.2. The van der Waals surface area contributed by atoms with Crippen molar-refractivity contribution >= 4 is 17.1 Å². The second kappa shape index (κ2) is 4.94. The number of hydrogen-bond acceptors (Lipinski definition) is 5. The summed E-state index contributed by atoms with van der Waals surface area (Å²) in [6.07, 6.45) is 4.22. The van der Waals surface area contributed by atoms with Crippen LogP contribution in [0.4, 0.5) is 4.79 Å². The quantitative estimate of drug-likeness (QED) is 0.696. The largest absolute Gasteiger partial charge is 0.511 e. The number of fused-ring (bicyclic) bond motifs is 2. The zero-order valence-corrected chi connectivity index (χ0v) is 11.9. The third kappa shape index (κ3) is 2.33. The van der Waals surface area contributed by atoms with E-state index in [1.165, 1.54) is 28.2 Å². The van der Waals surface area contributed by atoms with Gasteiger partial charge in [-0.1, -0.05) is 0 Å². The number of rotatable bonds is 2. The average molecular weight is 312 g/mol. The van der Waals surface area contributed by atoms with E-state index in [-0.39, 0.29) is 17.3 Å². The summed E-state index contributed by atoms with van der Waals surface area (Å²) in [5.41, 5.74) is 2.77. The van der Waals surface area contributed by atoms with Crippen LogP contribution in [-0.2, 0) is 12.8 Å². The van der Waals surface area contributed by atoms with Crippen molar-refractivity contribution in [2.24, 2.45) is 0 Å². The predicted octanol–water partition coefficient (Wildman–Crippen LogP) is 1.65. The number of H-pyrrole nitrogens is 1. The number of nitrogens with one attached hydrogen (secondary N) is 1. The first-order valence-electron chi connectivity index (χ1n) is 7.12. The van der Waals surface area contributed by atoms with Crippen molar-refractivity contribution in [3.05, 3.63) is 46.0 Å². The highest BCUT2D eigenvalue weighted by atomic mass is 16.7. The molecule has 2 N–H and O–H groups in total. The maximum atomic E-state index is 12.3. The molecular formula is C15H12N4O4. The van der Waals surface area contributed by atoms with Crippen LogP contribution in [0.5, 0.6) is 5.75 Å². The summed E-state index contributed by atoms with van der Waals surface area (Å²) in [5, 5.41) is 13.1. The van der Waals surface area contributed by atoms with Crippen LogP contribution < -0.4 is 10.3 Å². The molecule has 0 bridgehead atoms. The third-order valence-electron chi connectivity index (χ3n) is 3.89. The topological polar surface area (TPSA) is 110 Å². The van der Waals surface area contributed by atoms with Crippen LogP contribution in [0.2, 0.25) is 0 Å². The molecule has 4 rings (SSSR count). The zero-order chi connectivity index (χ0) is 16.0. The first-order valence-corrected chi connectivity index (χ1v) is 7.12. The first kappa shape index (κ1) is 13.5. The molecule has 8 nitrogen and oxygen atoms in total. The molecule has 23 heavy (non-hydrogen) atoms. The first-order chi connectivity index (χ1) is 11.1. The zero-order valence-electron chi connectivity index (χ0n) is 11.9. The lowest BCUT2D eigenvalue weighted by atomic mass is 10.1. The van der Waals surface area contributed by atoms with Gasteiger partial charge >= 0.3 is 6.16 Å². The minimum absolute atomic E-state index is 0.0502. The Kier molecular flexibility index (Phi) is 2.90. The standard InChI is InChI=1S/C15H12N4O4/c20-13-11-4-8-2-1-3-9(8)5-12(11)17-14(18-13)19-7-10(6-16-19)23-15(21)22/h4-7H,1-3H2,(H,21,22)(H,17,18,20). The van der Waals surface area contributed by atoms with Crippen LogP contribution >= 0.6 is 0 Å². The molecule has 116 valence electrons. The molecule has 0 saturated heterocycles. The number of aromatic nitrogens is 4. The molecule has 1 aliphatic rings. The Balaban J connectivity index is 1.82. The van der Waals surface area contributed by atoms with Gasteiger partial charge in [0.15, 0.2) is 5.75 Å². The molecule has 0 unspecified atom stereocenters. The van der Waals surface area contributed by atoms with Crippen molar-refractivity contribution in [2.75, 3.05) is 0 Å². The monoisotopic (exact) mass is 312 g/mol. The van der Waals surface area contributed by atoms with Crippen LogP contribution in [0, 0.1) is 0 Å². The highest BCUT2D eigenvalue weighted by molar-refractivity contribution is 5.80. The Morgan fingerprint density at radius 3 is 2.87 bits per heavy atom. The highest BCUT2D eigenvalue weighted by Crippen LogP contribution is 2.25. The number of nitrogens with zero attached hydrogens (tertiary/aromatic N) is 3. The van der Waals surface area contributed by atoms with Crippen molar-refractivity contribution in [1.29, 1.82) is 0 Å². The molecule has 0 fully saturated rings. The average Bonchev–Trinajstić information content (AvgIpc) is 3.13. The fourth-order valence-corrected chi connectivity index (χ4v) is 2.88. The number of hydrogen-bond donors (Lipinski definition) is 2. The maximum absolute atomic E-state index is 12.3. The van der Waals surface area contributed by atoms with Gasteiger partial charge in [0, 0.05) is 0 Å². The van der Waals surface area contributed by atoms with Gasteiger partial charge in [0.2, 0.25) is 5.95 Å². The molecular weight excluding hydrogens is 300 g/mol. The summed E-state index contributed by atoms with van der Waals surface area (Å²) in [4.78, 5) is 29.9. The van der Waals surface area contributed by atoms with Crippen molar-refractivity contribution in [2.45, 2.75) is 19.3 Å². The van der Waals surface area contributed by atoms with Crippen molar-refractivity contribution in [3.8, 4) is 11.7 Å². The third-order valence-corrected chi connectivity index (χ3v) is 3.89. The van der Waals surface area contributed by atoms with Crippen molar-refractivity contribution in [1.82, 2.24) is 19.7 Å². The number of benzene rings is 1. The number of ether oxygens (including phenoxy) is 1. The maximum Gasteiger partial charge on any atom is 0.511 e. The van der Waals surface area contributed by atoms with Crippen LogP contribution in [0.15, 0.2) is 29.3 Å². The Morgan fingerprint density at radius 2 is 2.09 bits per heavy atom. The Bertz CT molecular complexity index is 989. The number of carbonyl (C=O) groups is 1. The summed E-state index contributed by atoms with van der Waals surface area (Å²) >= 11 is 0. The molecule has 0 spiro atoms. The van der Waals surface area contributed by atoms with Crippen LogP contribution in [0.1, 0.15) is 17.5 Å². The molecule has 0 aliphatic heterocycles. The van der Waals surface area contributed by atoms with Gasteiger partial charge in [-0.15, -0.1) is 0 Å². The van der Waals surface area contributed by atoms with E-state index >= 15 is 0 Å². The molecule has 2 aromatic heterocycles. The summed E-state index contributed by atoms with van der Waals surface area (Å²) in [7, 11) is 0. The Hall–Kier alpha value is -3.16. The number of aryl methyl sites for hydroxylation is 2. The van der Waals surface area contributed by atoms with Gasteiger partial charge in [-0.25, -0.2) is 14.5 Å². The number of aromatic amines is 1. The molecule has 0 atom stereocenters. The lowest BCUT2D eigenvalue weighted by Crippen LogP contribution is -2.14. The molecule has 0 saturated carbocycles. The van der Waals surface area contributed by atoms with E-state index in [0.717, 1.165) is 19.3 Å². The number of carboxylic acid groups (broad SMARTS) is 1. The fraction of sp³-hybridized carbons (Fsp3) is 0.200. The lowest BCUT2D eigenvalue weighted by molar-refractivity contribution is 0.144. The van der Waals surface area contributed by atoms with E-state index in [1.54, 1.807) is 0 Å². The lowest BCUT2D eigenvalue weighted by Gasteiger charge is -2.05. The Morgan fingerprint density at radius 1 is 1.30 bits per heavy atom. The molecule has 2 heterocycles. The van der Waals surface area contributed by atoms with Gasteiger partial charge in [-0.3, -0.25) is 9.78 Å². The van der Waals surface area contributed by atoms with Crippen LogP contribution in [0.25, 0.3) is 16.9 Å². The summed E-state index contributed by atoms with van der Waals surface area (Å²) in [6, 6.07) is 3.84. The van der Waals surface area contributed by atoms with Gasteiger partial charge in [-0.2, -0.15) is 5.10 Å². The SMILES string of the molecule is O=C(O)Oc1cnn(-c2nc3cc4c(cc3c(=O)[nH]2)CCC4)c1. The van der Waals surface area contributed by atoms with Crippen molar-refractivity contribution in [3.63, 3.8) is 0 Å². The van der Waals surface area contributed by atoms with E-state index in [2.05, 4.69) is 19.8 Å². The second-order valence-electron chi connectivity index (χ2n) is 5.37. The molecule has 8 heteroatoms. The second-order valence-corrected chi connectivity index (χ2v) is 5.37. The predicted molar refractivity (Wildman–Crippen MR) is 80.2 cm³/mol. The molecule has 3 aromatic rings. The molecule has 1 aliphatic carbocycles. The minimum atomic E-state index is -1.43. The van der Waals surface area contributed by atoms with Gasteiger partial charge in [0.1, 0.15) is 0 Å². The minimum Gasteiger partial charge on any atom is -0.449 e. The van der Waals surface area contributed by atoms with E-state index in [0.29, 0.717) is 10.9 Å².